The molecule has 0 radical (unpaired) electrons. The quantitative estimate of drug-likeness (QED) is 0.116. The highest BCUT2D eigenvalue weighted by Crippen LogP contribution is 2.71. The molecular weight excluding hydrogens is 1430 g/mol. The summed E-state index contributed by atoms with van der Waals surface area (Å²) >= 11 is 0. The molecule has 0 amide bonds. The van der Waals surface area contributed by atoms with E-state index in [1.807, 2.05) is 30.3 Å². The Labute approximate surface area is 656 Å². The molecule has 4 spiro atoms. The van der Waals surface area contributed by atoms with Crippen LogP contribution in [0.1, 0.15) is 198 Å². The first kappa shape index (κ1) is 72.8. The van der Waals surface area contributed by atoms with Gasteiger partial charge in [-0.2, -0.15) is 0 Å². The van der Waals surface area contributed by atoms with Gasteiger partial charge in [-0.15, -0.1) is 0 Å². The van der Waals surface area contributed by atoms with Gasteiger partial charge >= 0.3 is 0 Å². The van der Waals surface area contributed by atoms with Gasteiger partial charge in [-0.25, -0.2) is 26.3 Å². The second-order valence-electron chi connectivity index (χ2n) is 37.2. The summed E-state index contributed by atoms with van der Waals surface area (Å²) in [5, 5.41) is 0. The monoisotopic (exact) mass is 1540 g/mol. The van der Waals surface area contributed by atoms with E-state index >= 15 is 22.0 Å². The van der Waals surface area contributed by atoms with Crippen molar-refractivity contribution < 1.29 is 64.2 Å². The molecule has 12 nitrogen and oxygen atoms in total. The second-order valence-corrected chi connectivity index (χ2v) is 37.2. The zero-order valence-electron chi connectivity index (χ0n) is 65.9. The maximum atomic E-state index is 15.2. The van der Waals surface area contributed by atoms with E-state index in [1.54, 1.807) is 28.4 Å². The van der Waals surface area contributed by atoms with Crippen molar-refractivity contribution in [3.8, 4) is 46.0 Å². The van der Waals surface area contributed by atoms with E-state index in [0.29, 0.717) is 97.1 Å². The van der Waals surface area contributed by atoms with E-state index in [0.717, 1.165) is 136 Å². The molecule has 0 N–H and O–H groups in total. The molecule has 4 saturated heterocycles. The molecule has 8 aliphatic heterocycles. The lowest BCUT2D eigenvalue weighted by Crippen LogP contribution is -2.69. The van der Waals surface area contributed by atoms with Crippen LogP contribution in [-0.2, 0) is 53.8 Å². The van der Waals surface area contributed by atoms with Gasteiger partial charge in [0.25, 0.3) is 11.8 Å². The van der Waals surface area contributed by atoms with Gasteiger partial charge in [-0.3, -0.25) is 19.6 Å². The fraction of sp³-hybridized carbons (Fsp3) is 0.617. The maximum absolute atomic E-state index is 15.2. The molecule has 596 valence electrons. The first-order chi connectivity index (χ1) is 54.4. The number of nitrogens with zero attached hydrogens (tertiary/aromatic N) is 4. The minimum absolute atomic E-state index is 0.0509. The fourth-order valence-electron chi connectivity index (χ4n) is 28.4. The lowest BCUT2D eigenvalue weighted by atomic mass is 9.51. The number of likely N-dealkylation sites (tertiary alicyclic amines) is 4. The number of ether oxygens (including phenoxy) is 8. The van der Waals surface area contributed by atoms with Crippen molar-refractivity contribution in [3.63, 3.8) is 0 Å². The molecule has 8 bridgehead atoms. The van der Waals surface area contributed by atoms with Crippen molar-refractivity contribution in [3.05, 3.63) is 165 Å². The third kappa shape index (κ3) is 10.4. The van der Waals surface area contributed by atoms with Gasteiger partial charge in [-0.1, -0.05) is 104 Å². The number of hydrogen-bond donors (Lipinski definition) is 0. The molecule has 0 aromatic heterocycles. The van der Waals surface area contributed by atoms with E-state index in [4.69, 9.17) is 37.9 Å². The third-order valence-corrected chi connectivity index (χ3v) is 32.8. The van der Waals surface area contributed by atoms with E-state index in [2.05, 4.69) is 112 Å². The van der Waals surface area contributed by atoms with Crippen molar-refractivity contribution in [2.75, 3.05) is 54.6 Å². The SMILES string of the molecule is COc1ccc2c3c1O[C@@H]1C(F)(F)CCC4[C@H](C2)N(C(C)c2ccccc2)CC[C@]341.COc1ccc2c3c1O[C@@H]1C(F)(F)CCC4[C@H](C2)N(C2CCCCC2)CC[C@]341.COc1ccc2c3c1O[C@@H]1C(F)CCC4[C@H](C2)N(C(C)Cc2ccccc2)CC[C@]341.COc1ccc2c3c1O[C@@H]1C(F)CCC4[C@H](C2)N(C2CC2)CC[C@]341. The molecule has 6 saturated carbocycles. The number of halogens is 6. The van der Waals surface area contributed by atoms with Crippen LogP contribution < -0.4 is 37.9 Å². The van der Waals surface area contributed by atoms with Gasteiger partial charge in [0, 0.05) is 112 Å². The zero-order valence-corrected chi connectivity index (χ0v) is 65.9. The van der Waals surface area contributed by atoms with Crippen LogP contribution in [0.25, 0.3) is 0 Å². The number of rotatable bonds is 11. The lowest BCUT2D eigenvalue weighted by molar-refractivity contribution is -0.185. The van der Waals surface area contributed by atoms with Crippen molar-refractivity contribution in [1.29, 1.82) is 0 Å². The van der Waals surface area contributed by atoms with Crippen LogP contribution in [0.3, 0.4) is 0 Å². The molecule has 20 atom stereocenters. The minimum atomic E-state index is -2.81. The van der Waals surface area contributed by atoms with Crippen LogP contribution in [0, 0.1) is 23.7 Å². The van der Waals surface area contributed by atoms with Crippen molar-refractivity contribution in [2.45, 2.75) is 287 Å². The lowest BCUT2D eigenvalue weighted by Gasteiger charge is -2.60. The summed E-state index contributed by atoms with van der Waals surface area (Å²) in [5.74, 6) is 1.51. The normalized spacial score (nSPS) is 37.2. The number of piperidine rings is 4. The van der Waals surface area contributed by atoms with Crippen molar-refractivity contribution in [2.24, 2.45) is 23.7 Å². The van der Waals surface area contributed by atoms with Crippen molar-refractivity contribution in [1.82, 2.24) is 19.6 Å². The van der Waals surface area contributed by atoms with Crippen LogP contribution >= 0.6 is 0 Å². The Hall–Kier alpha value is -6.86. The van der Waals surface area contributed by atoms with Crippen LogP contribution in [0.5, 0.6) is 46.0 Å². The molecule has 6 aromatic rings. The van der Waals surface area contributed by atoms with E-state index in [1.165, 1.54) is 83.9 Å². The highest BCUT2D eigenvalue weighted by Gasteiger charge is 2.74. The van der Waals surface area contributed by atoms with Gasteiger partial charge in [0.1, 0.15) is 24.6 Å². The average molecular weight is 1540 g/mol. The predicted octanol–water partition coefficient (Wildman–Crippen LogP) is 17.8. The Morgan fingerprint density at radius 1 is 0.393 bits per heavy atom. The molecule has 24 rings (SSSR count). The zero-order chi connectivity index (χ0) is 76.3. The summed E-state index contributed by atoms with van der Waals surface area (Å²) in [6.07, 6.45) is 17.5. The Kier molecular flexibility index (Phi) is 17.5. The van der Waals surface area contributed by atoms with Crippen molar-refractivity contribution >= 4 is 0 Å². The van der Waals surface area contributed by atoms with Gasteiger partial charge in [-0.05, 0) is 237 Å². The van der Waals surface area contributed by atoms with E-state index in [-0.39, 0.29) is 59.8 Å². The number of alkyl halides is 6. The van der Waals surface area contributed by atoms with E-state index < -0.39 is 47.2 Å². The highest BCUT2D eigenvalue weighted by atomic mass is 19.3. The standard InChI is InChI=1S/C26H30FNO2.C25H27F2NO2.C23H29F2NO2.C20H24FNO2/c1-16(14-17-6-4-3-5-7-17)28-13-12-26-19-9-10-20(27)25(26)30-24-22(29-2)11-8-18(23(24)26)15-21(19)28;1-15(16-6-4-3-5-7-16)28-13-12-24-18-10-11-25(26,27)23(24)30-22-20(29-2)9-8-17(21(22)24)14-19(18)28;1-27-18-8-7-14-13-17-16-9-10-23(24,25)21-22(16,19(14)20(18)28-21)11-12-26(17)15-5-3-2-4-6-15;1-23-16-7-2-11-10-15-13-5-6-14(21)19-20(13,17(11)18(16)24-19)8-9-22(15)12-3-4-12/h3-8,11,16,19-21,25H,9-10,12-15H2,1-2H3;3-9,15,18-19,23H,10-14H2,1-2H3;7-8,15-17,21H,2-6,9-13H2,1H3;2,7,12-15,19H,3-6,8-10H2,1H3/t16?,19?,20?,21-,25+,26+;15?,18?,19-,23-,24+;16?,17-,21-,22+;13?,14?,15-,19+,20+/m0000/s1. The average Bonchev–Trinajstić information content (AvgIpc) is 1.51. The fourth-order valence-corrected chi connectivity index (χ4v) is 28.4. The van der Waals surface area contributed by atoms with Crippen LogP contribution in [0.4, 0.5) is 26.3 Å². The van der Waals surface area contributed by atoms with E-state index in [9.17, 15) is 4.39 Å². The first-order valence-electron chi connectivity index (χ1n) is 43.0. The molecular formula is C94H110F6N4O8. The molecule has 10 fully saturated rings. The maximum Gasteiger partial charge on any atom is 0.285 e. The van der Waals surface area contributed by atoms with Crippen LogP contribution in [-0.4, -0.2) is 165 Å². The summed E-state index contributed by atoms with van der Waals surface area (Å²) in [6, 6.07) is 41.6. The first-order valence-corrected chi connectivity index (χ1v) is 43.0. The van der Waals surface area contributed by atoms with Gasteiger partial charge < -0.3 is 37.9 Å². The predicted molar refractivity (Wildman–Crippen MR) is 417 cm³/mol. The Morgan fingerprint density at radius 3 is 1.26 bits per heavy atom. The Bertz CT molecular complexity index is 4620. The largest absolute Gasteiger partial charge is 0.493 e. The second kappa shape index (κ2) is 26.8. The molecule has 18 heteroatoms. The Morgan fingerprint density at radius 2 is 0.777 bits per heavy atom. The molecule has 18 aliphatic rings. The molecule has 112 heavy (non-hydrogen) atoms. The van der Waals surface area contributed by atoms with Crippen LogP contribution in [0.2, 0.25) is 0 Å². The smallest absolute Gasteiger partial charge is 0.285 e. The number of hydrogen-bond acceptors (Lipinski definition) is 12. The molecule has 6 aromatic carbocycles. The molecule has 8 heterocycles. The summed E-state index contributed by atoms with van der Waals surface area (Å²) in [7, 11) is 6.57. The minimum Gasteiger partial charge on any atom is -0.493 e. The summed E-state index contributed by atoms with van der Waals surface area (Å²) in [4.78, 5) is 10.8. The van der Waals surface area contributed by atoms with Crippen LogP contribution in [0.15, 0.2) is 109 Å². The summed E-state index contributed by atoms with van der Waals surface area (Å²) in [5.41, 5.74) is 11.1. The molecule has 10 aliphatic carbocycles. The topological polar surface area (TPSA) is 86.8 Å². The Balaban J connectivity index is 0.0000000946. The number of benzene rings is 6. The summed E-state index contributed by atoms with van der Waals surface area (Å²) < 4.78 is 138. The van der Waals surface area contributed by atoms with Gasteiger partial charge in [0.15, 0.2) is 58.2 Å². The highest BCUT2D eigenvalue weighted by molar-refractivity contribution is 5.66. The van der Waals surface area contributed by atoms with Gasteiger partial charge in [0.05, 0.1) is 28.4 Å². The van der Waals surface area contributed by atoms with Gasteiger partial charge in [0.2, 0.25) is 0 Å². The summed E-state index contributed by atoms with van der Waals surface area (Å²) in [6.45, 7) is 8.47. The number of methoxy groups -OCH3 is 4. The third-order valence-electron chi connectivity index (χ3n) is 32.8. The molecule has 8 unspecified atom stereocenters.